The summed E-state index contributed by atoms with van der Waals surface area (Å²) in [5.74, 6) is -0.387. The van der Waals surface area contributed by atoms with Crippen LogP contribution in [-0.2, 0) is 12.6 Å². The number of aromatic hydroxyl groups is 1. The molecule has 3 aromatic rings. The number of alkyl halides is 3. The van der Waals surface area contributed by atoms with Crippen LogP contribution in [-0.4, -0.2) is 22.2 Å². The fraction of sp³-hybridized carbons (Fsp3) is 0.200. The molecule has 0 aliphatic heterocycles. The standard InChI is InChI=1S/C20H17BrF3N3O2/c1-3-10-8-13(14(28)9-15(10)29-2)17-16(11-4-6-12(21)7-5-11)18(20(22,23)24)27-19(25)26-17/h4-9,28H,3H2,1-2H3,(H2,25,26,27). The van der Waals surface area contributed by atoms with Crippen molar-refractivity contribution in [1.29, 1.82) is 0 Å². The number of ether oxygens (including phenoxy) is 1. The molecule has 1 heterocycles. The van der Waals surface area contributed by atoms with Crippen LogP contribution in [0.4, 0.5) is 19.1 Å². The van der Waals surface area contributed by atoms with Crippen LogP contribution in [0.3, 0.4) is 0 Å². The van der Waals surface area contributed by atoms with E-state index in [1.807, 2.05) is 6.92 Å². The highest BCUT2D eigenvalue weighted by Gasteiger charge is 2.38. The van der Waals surface area contributed by atoms with Crippen LogP contribution in [0.25, 0.3) is 22.4 Å². The minimum atomic E-state index is -4.77. The Kier molecular flexibility index (Phi) is 5.70. The molecule has 0 aliphatic rings. The van der Waals surface area contributed by atoms with Gasteiger partial charge in [0.25, 0.3) is 0 Å². The number of aryl methyl sites for hydroxylation is 1. The third-order valence-corrected chi connectivity index (χ3v) is 4.89. The number of nitrogens with zero attached hydrogens (tertiary/aromatic N) is 2. The van der Waals surface area contributed by atoms with E-state index in [0.717, 1.165) is 0 Å². The van der Waals surface area contributed by atoms with Gasteiger partial charge < -0.3 is 15.6 Å². The van der Waals surface area contributed by atoms with Crippen LogP contribution in [0.15, 0.2) is 40.9 Å². The number of rotatable bonds is 4. The van der Waals surface area contributed by atoms with Crippen molar-refractivity contribution < 1.29 is 23.0 Å². The molecule has 152 valence electrons. The molecule has 0 fully saturated rings. The van der Waals surface area contributed by atoms with Gasteiger partial charge in [0.2, 0.25) is 5.95 Å². The zero-order valence-corrected chi connectivity index (χ0v) is 17.1. The summed E-state index contributed by atoms with van der Waals surface area (Å²) in [4.78, 5) is 7.52. The van der Waals surface area contributed by atoms with Gasteiger partial charge in [0.1, 0.15) is 11.5 Å². The highest BCUT2D eigenvalue weighted by atomic mass is 79.9. The third-order valence-electron chi connectivity index (χ3n) is 4.36. The number of halogens is 4. The first kappa shape index (κ1) is 20.9. The number of methoxy groups -OCH3 is 1. The summed E-state index contributed by atoms with van der Waals surface area (Å²) in [5, 5.41) is 10.5. The Morgan fingerprint density at radius 3 is 2.34 bits per heavy atom. The van der Waals surface area contributed by atoms with E-state index in [9.17, 15) is 18.3 Å². The SMILES string of the molecule is CCc1cc(-c2nc(N)nc(C(F)(F)F)c2-c2ccc(Br)cc2)c(O)cc1OC. The first-order chi connectivity index (χ1) is 13.7. The molecule has 2 aromatic carbocycles. The van der Waals surface area contributed by atoms with Crippen LogP contribution >= 0.6 is 15.9 Å². The molecular weight excluding hydrogens is 451 g/mol. The maximum absolute atomic E-state index is 13.8. The van der Waals surface area contributed by atoms with Gasteiger partial charge in [-0.3, -0.25) is 0 Å². The highest BCUT2D eigenvalue weighted by Crippen LogP contribution is 2.44. The lowest BCUT2D eigenvalue weighted by atomic mass is 9.95. The largest absolute Gasteiger partial charge is 0.507 e. The Labute approximate surface area is 173 Å². The summed E-state index contributed by atoms with van der Waals surface area (Å²) in [6.45, 7) is 1.86. The van der Waals surface area contributed by atoms with E-state index in [1.54, 1.807) is 18.2 Å². The summed E-state index contributed by atoms with van der Waals surface area (Å²) in [6, 6.07) is 9.16. The fourth-order valence-corrected chi connectivity index (χ4v) is 3.30. The summed E-state index contributed by atoms with van der Waals surface area (Å²) < 4.78 is 47.4. The van der Waals surface area contributed by atoms with E-state index in [0.29, 0.717) is 22.2 Å². The van der Waals surface area contributed by atoms with Gasteiger partial charge in [0.15, 0.2) is 5.69 Å². The number of benzene rings is 2. The quantitative estimate of drug-likeness (QED) is 0.532. The Balaban J connectivity index is 2.41. The molecule has 0 radical (unpaired) electrons. The zero-order chi connectivity index (χ0) is 21.3. The van der Waals surface area contributed by atoms with E-state index in [4.69, 9.17) is 10.5 Å². The van der Waals surface area contributed by atoms with Crippen LogP contribution in [0.1, 0.15) is 18.2 Å². The van der Waals surface area contributed by atoms with Crippen molar-refractivity contribution in [2.75, 3.05) is 12.8 Å². The Morgan fingerprint density at radius 2 is 1.79 bits per heavy atom. The lowest BCUT2D eigenvalue weighted by molar-refractivity contribution is -0.140. The van der Waals surface area contributed by atoms with Crippen molar-refractivity contribution in [1.82, 2.24) is 9.97 Å². The van der Waals surface area contributed by atoms with Gasteiger partial charge in [0.05, 0.1) is 12.8 Å². The summed E-state index contributed by atoms with van der Waals surface area (Å²) in [5.41, 5.74) is 5.12. The topological polar surface area (TPSA) is 81.3 Å². The molecule has 0 amide bonds. The maximum atomic E-state index is 13.8. The van der Waals surface area contributed by atoms with Gasteiger partial charge in [-0.2, -0.15) is 13.2 Å². The predicted molar refractivity (Wildman–Crippen MR) is 108 cm³/mol. The van der Waals surface area contributed by atoms with Crippen LogP contribution in [0, 0.1) is 0 Å². The van der Waals surface area contributed by atoms with E-state index < -0.39 is 17.8 Å². The summed E-state index contributed by atoms with van der Waals surface area (Å²) >= 11 is 3.27. The van der Waals surface area contributed by atoms with Crippen molar-refractivity contribution in [2.24, 2.45) is 0 Å². The average molecular weight is 468 g/mol. The molecule has 1 aromatic heterocycles. The van der Waals surface area contributed by atoms with E-state index in [2.05, 4.69) is 25.9 Å². The van der Waals surface area contributed by atoms with Crippen molar-refractivity contribution in [2.45, 2.75) is 19.5 Å². The van der Waals surface area contributed by atoms with Gasteiger partial charge in [0, 0.05) is 21.7 Å². The molecule has 3 rings (SSSR count). The molecule has 3 N–H and O–H groups in total. The Morgan fingerprint density at radius 1 is 1.14 bits per heavy atom. The second kappa shape index (κ2) is 7.90. The number of nitrogen functional groups attached to an aromatic ring is 1. The molecule has 0 saturated heterocycles. The van der Waals surface area contributed by atoms with Crippen molar-refractivity contribution in [3.63, 3.8) is 0 Å². The highest BCUT2D eigenvalue weighted by molar-refractivity contribution is 9.10. The minimum absolute atomic E-state index is 0.109. The van der Waals surface area contributed by atoms with E-state index in [-0.39, 0.29) is 28.1 Å². The number of aromatic nitrogens is 2. The van der Waals surface area contributed by atoms with Gasteiger partial charge in [-0.1, -0.05) is 35.0 Å². The molecule has 0 spiro atoms. The smallest absolute Gasteiger partial charge is 0.434 e. The summed E-state index contributed by atoms with van der Waals surface area (Å²) in [7, 11) is 1.45. The van der Waals surface area contributed by atoms with Gasteiger partial charge in [-0.05, 0) is 35.7 Å². The normalized spacial score (nSPS) is 11.5. The first-order valence-electron chi connectivity index (χ1n) is 8.56. The van der Waals surface area contributed by atoms with Gasteiger partial charge in [-0.25, -0.2) is 9.97 Å². The molecule has 0 unspecified atom stereocenters. The molecule has 0 bridgehead atoms. The minimum Gasteiger partial charge on any atom is -0.507 e. The average Bonchev–Trinajstić information content (AvgIpc) is 2.67. The molecule has 0 atom stereocenters. The Hall–Kier alpha value is -2.81. The van der Waals surface area contributed by atoms with Crippen LogP contribution < -0.4 is 10.5 Å². The molecule has 29 heavy (non-hydrogen) atoms. The second-order valence-corrected chi connectivity index (χ2v) is 7.11. The maximum Gasteiger partial charge on any atom is 0.434 e. The van der Waals surface area contributed by atoms with Crippen LogP contribution in [0.2, 0.25) is 0 Å². The molecule has 0 aliphatic carbocycles. The van der Waals surface area contributed by atoms with E-state index >= 15 is 0 Å². The molecule has 0 saturated carbocycles. The van der Waals surface area contributed by atoms with Crippen molar-refractivity contribution in [3.8, 4) is 33.9 Å². The lowest BCUT2D eigenvalue weighted by Gasteiger charge is -2.18. The number of nitrogens with two attached hydrogens (primary N) is 1. The molecular formula is C20H17BrF3N3O2. The number of phenols is 1. The lowest BCUT2D eigenvalue weighted by Crippen LogP contribution is -2.14. The number of hydrogen-bond donors (Lipinski definition) is 2. The van der Waals surface area contributed by atoms with Crippen molar-refractivity contribution >= 4 is 21.9 Å². The molecule has 5 nitrogen and oxygen atoms in total. The van der Waals surface area contributed by atoms with Gasteiger partial charge >= 0.3 is 6.18 Å². The van der Waals surface area contributed by atoms with Crippen molar-refractivity contribution in [3.05, 3.63) is 52.1 Å². The number of hydrogen-bond acceptors (Lipinski definition) is 5. The monoisotopic (exact) mass is 467 g/mol. The molecule has 9 heteroatoms. The number of phenolic OH excluding ortho intramolecular Hbond substituents is 1. The third kappa shape index (κ3) is 4.14. The van der Waals surface area contributed by atoms with E-state index in [1.165, 1.54) is 25.3 Å². The predicted octanol–water partition coefficient (Wildman–Crippen LogP) is 5.45. The number of anilines is 1. The summed E-state index contributed by atoms with van der Waals surface area (Å²) in [6.07, 6.45) is -4.24. The second-order valence-electron chi connectivity index (χ2n) is 6.19. The first-order valence-corrected chi connectivity index (χ1v) is 9.35. The zero-order valence-electron chi connectivity index (χ0n) is 15.5. The Bertz CT molecular complexity index is 1050. The van der Waals surface area contributed by atoms with Crippen LogP contribution in [0.5, 0.6) is 11.5 Å². The van der Waals surface area contributed by atoms with Gasteiger partial charge in [-0.15, -0.1) is 0 Å². The fourth-order valence-electron chi connectivity index (χ4n) is 3.04.